The third-order valence-electron chi connectivity index (χ3n) is 7.49. The zero-order valence-corrected chi connectivity index (χ0v) is 25.7. The van der Waals surface area contributed by atoms with Crippen LogP contribution in [0.2, 0.25) is 10.0 Å². The van der Waals surface area contributed by atoms with Gasteiger partial charge in [-0.05, 0) is 12.1 Å². The number of nitrogen functional groups attached to an aromatic ring is 1. The van der Waals surface area contributed by atoms with Gasteiger partial charge >= 0.3 is 15.6 Å². The van der Waals surface area contributed by atoms with Crippen molar-refractivity contribution in [2.24, 2.45) is 0 Å². The first kappa shape index (κ1) is 31.3. The van der Waals surface area contributed by atoms with E-state index in [2.05, 4.69) is 19.9 Å². The zero-order valence-electron chi connectivity index (χ0n) is 22.4. The molecule has 6 N–H and O–H groups in total. The predicted molar refractivity (Wildman–Crippen MR) is 151 cm³/mol. The molecule has 10 atom stereocenters. The summed E-state index contributed by atoms with van der Waals surface area (Å²) in [7, 11) is -10.1. The Bertz CT molecular complexity index is 1880. The smallest absolute Gasteiger partial charge is 0.387 e. The topological polar surface area (TPSA) is 258 Å². The predicted octanol–water partition coefficient (Wildman–Crippen LogP) is 1.30. The van der Waals surface area contributed by atoms with Crippen molar-refractivity contribution in [3.05, 3.63) is 41.2 Å². The monoisotopic (exact) mass is 709 g/mol. The third-order valence-corrected chi connectivity index (χ3v) is 10.2. The molecule has 19 nitrogen and oxygen atoms in total. The van der Waals surface area contributed by atoms with E-state index in [1.807, 2.05) is 0 Å². The molecular formula is C22H23Cl2N7O12P2. The number of aromatic nitrogens is 6. The van der Waals surface area contributed by atoms with Crippen LogP contribution in [0.15, 0.2) is 31.1 Å². The number of benzene rings is 1. The SMILES string of the molecule is Nc1ncnc2c1ncn2[C@@H]1O[C@@H]2COP(=O)(O)O[C@@H]3C(O)[C@H](n4cnc5cc(Cl)c(Cl)cc54)O[C@@H]3COP(=O)(O)O[C@H]1C2O. The van der Waals surface area contributed by atoms with E-state index in [9.17, 15) is 29.1 Å². The van der Waals surface area contributed by atoms with E-state index in [-0.39, 0.29) is 27.0 Å². The van der Waals surface area contributed by atoms with Crippen LogP contribution in [0.1, 0.15) is 12.5 Å². The van der Waals surface area contributed by atoms with E-state index in [0.29, 0.717) is 11.0 Å². The number of hydrogen-bond acceptors (Lipinski definition) is 15. The molecular weight excluding hydrogens is 687 g/mol. The Kier molecular flexibility index (Phi) is 7.95. The lowest BCUT2D eigenvalue weighted by molar-refractivity contribution is -0.0671. The zero-order chi connectivity index (χ0) is 31.8. The minimum atomic E-state index is -5.05. The fraction of sp³-hybridized carbons (Fsp3) is 0.455. The molecule has 6 heterocycles. The van der Waals surface area contributed by atoms with Gasteiger partial charge in [-0.1, -0.05) is 23.2 Å². The highest BCUT2D eigenvalue weighted by atomic mass is 35.5. The van der Waals surface area contributed by atoms with Crippen molar-refractivity contribution in [3.63, 3.8) is 0 Å². The van der Waals surface area contributed by atoms with Gasteiger partial charge in [-0.25, -0.2) is 29.1 Å². The van der Waals surface area contributed by atoms with E-state index >= 15 is 0 Å². The first-order chi connectivity index (χ1) is 21.3. The second-order valence-corrected chi connectivity index (χ2v) is 13.9. The number of phosphoric acid groups is 2. The average molecular weight is 710 g/mol. The third kappa shape index (κ3) is 5.66. The van der Waals surface area contributed by atoms with Gasteiger partial charge in [0.1, 0.15) is 48.5 Å². The van der Waals surface area contributed by atoms with Gasteiger partial charge in [-0.3, -0.25) is 22.7 Å². The second-order valence-electron chi connectivity index (χ2n) is 10.3. The molecule has 242 valence electrons. The van der Waals surface area contributed by atoms with Gasteiger partial charge in [-0.2, -0.15) is 0 Å². The lowest BCUT2D eigenvalue weighted by Crippen LogP contribution is -2.36. The molecule has 3 aliphatic rings. The first-order valence-corrected chi connectivity index (χ1v) is 16.8. The average Bonchev–Trinajstić information content (AvgIpc) is 3.73. The molecule has 0 saturated carbocycles. The number of imidazole rings is 2. The number of ether oxygens (including phenoxy) is 2. The molecule has 3 fully saturated rings. The van der Waals surface area contributed by atoms with Crippen molar-refractivity contribution < 1.29 is 56.7 Å². The summed E-state index contributed by atoms with van der Waals surface area (Å²) in [5.41, 5.74) is 6.95. The summed E-state index contributed by atoms with van der Waals surface area (Å²) in [4.78, 5) is 37.6. The number of hydrogen-bond donors (Lipinski definition) is 5. The molecule has 4 aromatic rings. The van der Waals surface area contributed by atoms with Crippen LogP contribution in [0, 0.1) is 0 Å². The summed E-state index contributed by atoms with van der Waals surface area (Å²) in [5.74, 6) is 0.0357. The number of halogens is 2. The fourth-order valence-corrected chi connectivity index (χ4v) is 7.61. The molecule has 1 aromatic carbocycles. The van der Waals surface area contributed by atoms with Crippen molar-refractivity contribution in [3.8, 4) is 0 Å². The maximum absolute atomic E-state index is 13.2. The van der Waals surface area contributed by atoms with E-state index in [1.165, 1.54) is 33.9 Å². The van der Waals surface area contributed by atoms with Crippen LogP contribution in [0.4, 0.5) is 5.82 Å². The minimum absolute atomic E-state index is 0.0357. The van der Waals surface area contributed by atoms with Gasteiger partial charge < -0.3 is 39.8 Å². The number of rotatable bonds is 2. The van der Waals surface area contributed by atoms with E-state index < -0.39 is 77.9 Å². The van der Waals surface area contributed by atoms with Gasteiger partial charge in [0.05, 0.1) is 46.9 Å². The Morgan fingerprint density at radius 1 is 0.822 bits per heavy atom. The van der Waals surface area contributed by atoms with Crippen LogP contribution in [0.3, 0.4) is 0 Å². The number of aliphatic hydroxyl groups excluding tert-OH is 2. The summed E-state index contributed by atoms with van der Waals surface area (Å²) < 4.78 is 61.7. The fourth-order valence-electron chi connectivity index (χ4n) is 5.39. The van der Waals surface area contributed by atoms with E-state index in [1.54, 1.807) is 0 Å². The number of aliphatic hydroxyl groups is 2. The van der Waals surface area contributed by atoms with Crippen molar-refractivity contribution in [2.75, 3.05) is 18.9 Å². The summed E-state index contributed by atoms with van der Waals surface area (Å²) in [6.45, 7) is -1.55. The van der Waals surface area contributed by atoms with Gasteiger partial charge in [0.2, 0.25) is 0 Å². The van der Waals surface area contributed by atoms with Crippen LogP contribution in [-0.4, -0.2) is 98.9 Å². The molecule has 4 unspecified atom stereocenters. The lowest BCUT2D eigenvalue weighted by atomic mass is 10.1. The Morgan fingerprint density at radius 2 is 1.47 bits per heavy atom. The van der Waals surface area contributed by atoms with Crippen LogP contribution >= 0.6 is 38.8 Å². The Balaban J connectivity index is 1.20. The summed E-state index contributed by atoms with van der Waals surface area (Å²) in [5, 5.41) is 22.6. The van der Waals surface area contributed by atoms with Crippen LogP contribution in [-0.2, 0) is 36.7 Å². The Labute approximate surface area is 261 Å². The van der Waals surface area contributed by atoms with Crippen molar-refractivity contribution in [1.29, 1.82) is 0 Å². The number of fused-ring (bicyclic) bond motifs is 5. The first-order valence-electron chi connectivity index (χ1n) is 13.0. The largest absolute Gasteiger partial charge is 0.472 e. The molecule has 7 rings (SSSR count). The van der Waals surface area contributed by atoms with Crippen molar-refractivity contribution >= 4 is 66.9 Å². The van der Waals surface area contributed by atoms with Crippen molar-refractivity contribution in [2.45, 2.75) is 49.1 Å². The summed E-state index contributed by atoms with van der Waals surface area (Å²) in [6.07, 6.45) is -8.40. The van der Waals surface area contributed by atoms with Crippen LogP contribution in [0.5, 0.6) is 0 Å². The minimum Gasteiger partial charge on any atom is -0.387 e. The van der Waals surface area contributed by atoms with E-state index in [4.69, 9.17) is 56.5 Å². The highest BCUT2D eigenvalue weighted by molar-refractivity contribution is 7.47. The molecule has 0 spiro atoms. The molecule has 23 heteroatoms. The van der Waals surface area contributed by atoms with Crippen LogP contribution in [0.25, 0.3) is 22.2 Å². The van der Waals surface area contributed by atoms with Gasteiger partial charge in [0, 0.05) is 0 Å². The van der Waals surface area contributed by atoms with Crippen molar-refractivity contribution in [1.82, 2.24) is 29.1 Å². The maximum atomic E-state index is 13.2. The van der Waals surface area contributed by atoms with Gasteiger partial charge in [-0.15, -0.1) is 0 Å². The van der Waals surface area contributed by atoms with Crippen LogP contribution < -0.4 is 5.73 Å². The van der Waals surface area contributed by atoms with Gasteiger partial charge in [0.25, 0.3) is 0 Å². The Hall–Kier alpha value is -2.32. The second kappa shape index (κ2) is 11.4. The molecule has 0 radical (unpaired) electrons. The highest BCUT2D eigenvalue weighted by Crippen LogP contribution is 2.53. The molecule has 3 saturated heterocycles. The molecule has 0 aliphatic carbocycles. The number of anilines is 1. The molecule has 3 aromatic heterocycles. The lowest BCUT2D eigenvalue weighted by Gasteiger charge is -2.25. The van der Waals surface area contributed by atoms with Gasteiger partial charge in [0.15, 0.2) is 23.9 Å². The normalized spacial score (nSPS) is 37.7. The standard InChI is InChI=1S/C22H23Cl2N7O12P2/c23-8-1-10-11(2-9(8)24)30(6-28-10)21-16(33)17-13(41-21)4-39-45(36,37)43-18-15(32)12(3-38-44(34,35)42-17)40-22(18)31-7-29-14-19(25)26-5-27-20(14)31/h1-2,5-7,12-13,15-18,21-22,32-33H,3-4H2,(H,34,35)(H,36,37)(H2,25,26,27)/t12-,13-,15?,16?,17+,18+,21-,22-/m1/s1. The summed E-state index contributed by atoms with van der Waals surface area (Å²) >= 11 is 12.2. The summed E-state index contributed by atoms with van der Waals surface area (Å²) in [6, 6.07) is 2.97. The van der Waals surface area contributed by atoms with E-state index in [0.717, 1.165) is 6.33 Å². The number of nitrogens with zero attached hydrogens (tertiary/aromatic N) is 6. The Morgan fingerprint density at radius 3 is 2.22 bits per heavy atom. The molecule has 2 bridgehead atoms. The highest BCUT2D eigenvalue weighted by Gasteiger charge is 2.53. The molecule has 3 aliphatic heterocycles. The number of nitrogens with two attached hydrogens (primary N) is 1. The quantitative estimate of drug-likeness (QED) is 0.184. The molecule has 45 heavy (non-hydrogen) atoms. The molecule has 0 amide bonds. The maximum Gasteiger partial charge on any atom is 0.472 e. The number of phosphoric ester groups is 2.